The molecule has 2 heterocycles. The van der Waals surface area contributed by atoms with E-state index in [9.17, 15) is 8.42 Å². The molecule has 0 aliphatic carbocycles. The van der Waals surface area contributed by atoms with Crippen LogP contribution in [0.25, 0.3) is 0 Å². The maximum Gasteiger partial charge on any atom is 0.264 e. The minimum Gasteiger partial charge on any atom is -0.493 e. The third-order valence-corrected chi connectivity index (χ3v) is 7.15. The SMILES string of the molecule is COc1ccc(S(=O)(=O)N2CCc3ccc(N4CCCC4)cc32)cc1OC. The first-order valence-corrected chi connectivity index (χ1v) is 10.6. The maximum atomic E-state index is 13.3. The van der Waals surface area contributed by atoms with Gasteiger partial charge in [0.2, 0.25) is 0 Å². The van der Waals surface area contributed by atoms with Crippen molar-refractivity contribution in [3.63, 3.8) is 0 Å². The first-order valence-electron chi connectivity index (χ1n) is 9.17. The molecule has 27 heavy (non-hydrogen) atoms. The van der Waals surface area contributed by atoms with Gasteiger partial charge in [-0.2, -0.15) is 0 Å². The highest BCUT2D eigenvalue weighted by Gasteiger charge is 2.32. The van der Waals surface area contributed by atoms with Crippen molar-refractivity contribution in [2.75, 3.05) is 43.1 Å². The average Bonchev–Trinajstić information content (AvgIpc) is 3.36. The summed E-state index contributed by atoms with van der Waals surface area (Å²) in [6.45, 7) is 2.51. The third-order valence-electron chi connectivity index (χ3n) is 5.34. The van der Waals surface area contributed by atoms with E-state index >= 15 is 0 Å². The van der Waals surface area contributed by atoms with E-state index in [0.717, 1.165) is 36.4 Å². The van der Waals surface area contributed by atoms with Crippen molar-refractivity contribution < 1.29 is 17.9 Å². The van der Waals surface area contributed by atoms with E-state index < -0.39 is 10.0 Å². The molecule has 1 fully saturated rings. The Kier molecular flexibility index (Phi) is 4.63. The molecule has 144 valence electrons. The zero-order valence-corrected chi connectivity index (χ0v) is 16.5. The summed E-state index contributed by atoms with van der Waals surface area (Å²) in [7, 11) is -0.639. The Balaban J connectivity index is 1.71. The molecular formula is C20H24N2O4S. The molecule has 6 nitrogen and oxygen atoms in total. The molecule has 2 aromatic carbocycles. The summed E-state index contributed by atoms with van der Waals surface area (Å²) in [6, 6.07) is 10.9. The minimum atomic E-state index is -3.67. The Bertz CT molecular complexity index is 952. The lowest BCUT2D eigenvalue weighted by Crippen LogP contribution is -2.29. The van der Waals surface area contributed by atoms with Crippen molar-refractivity contribution in [2.24, 2.45) is 0 Å². The summed E-state index contributed by atoms with van der Waals surface area (Å²) in [5.74, 6) is 0.915. The van der Waals surface area contributed by atoms with Gasteiger partial charge in [0.25, 0.3) is 10.0 Å². The van der Waals surface area contributed by atoms with Crippen LogP contribution < -0.4 is 18.7 Å². The van der Waals surface area contributed by atoms with Gasteiger partial charge in [0.05, 0.1) is 24.8 Å². The normalized spacial score (nSPS) is 16.5. The molecule has 0 unspecified atom stereocenters. The molecule has 4 rings (SSSR count). The Morgan fingerprint density at radius 2 is 1.63 bits per heavy atom. The van der Waals surface area contributed by atoms with Crippen molar-refractivity contribution in [3.05, 3.63) is 42.0 Å². The molecule has 0 N–H and O–H groups in total. The molecule has 7 heteroatoms. The lowest BCUT2D eigenvalue weighted by Gasteiger charge is -2.23. The van der Waals surface area contributed by atoms with Crippen molar-refractivity contribution >= 4 is 21.4 Å². The van der Waals surface area contributed by atoms with Gasteiger partial charge in [0, 0.05) is 31.4 Å². The van der Waals surface area contributed by atoms with Crippen LogP contribution in [0.4, 0.5) is 11.4 Å². The van der Waals surface area contributed by atoms with Crippen LogP contribution in [-0.4, -0.2) is 42.3 Å². The number of anilines is 2. The highest BCUT2D eigenvalue weighted by atomic mass is 32.2. The summed E-state index contributed by atoms with van der Waals surface area (Å²) in [6.07, 6.45) is 3.09. The van der Waals surface area contributed by atoms with Crippen molar-refractivity contribution in [3.8, 4) is 11.5 Å². The highest BCUT2D eigenvalue weighted by molar-refractivity contribution is 7.92. The van der Waals surface area contributed by atoms with Gasteiger partial charge >= 0.3 is 0 Å². The smallest absolute Gasteiger partial charge is 0.264 e. The van der Waals surface area contributed by atoms with Gasteiger partial charge in [-0.1, -0.05) is 6.07 Å². The second-order valence-corrected chi connectivity index (χ2v) is 8.71. The van der Waals surface area contributed by atoms with Gasteiger partial charge in [0.15, 0.2) is 11.5 Å². The van der Waals surface area contributed by atoms with E-state index in [1.807, 2.05) is 6.07 Å². The largest absolute Gasteiger partial charge is 0.493 e. The highest BCUT2D eigenvalue weighted by Crippen LogP contribution is 2.38. The van der Waals surface area contributed by atoms with Crippen molar-refractivity contribution in [1.29, 1.82) is 0 Å². The molecule has 0 bridgehead atoms. The Labute approximate surface area is 160 Å². The number of sulfonamides is 1. The van der Waals surface area contributed by atoms with Crippen LogP contribution >= 0.6 is 0 Å². The fraction of sp³-hybridized carbons (Fsp3) is 0.400. The van der Waals surface area contributed by atoms with E-state index in [1.54, 1.807) is 12.1 Å². The van der Waals surface area contributed by atoms with Crippen LogP contribution in [0.15, 0.2) is 41.3 Å². The van der Waals surface area contributed by atoms with Gasteiger partial charge in [-0.3, -0.25) is 4.31 Å². The fourth-order valence-electron chi connectivity index (χ4n) is 3.86. The van der Waals surface area contributed by atoms with Crippen LogP contribution in [0.5, 0.6) is 11.5 Å². The maximum absolute atomic E-state index is 13.3. The van der Waals surface area contributed by atoms with E-state index in [-0.39, 0.29) is 4.90 Å². The number of nitrogens with zero attached hydrogens (tertiary/aromatic N) is 2. The van der Waals surface area contributed by atoms with Crippen molar-refractivity contribution in [2.45, 2.75) is 24.2 Å². The minimum absolute atomic E-state index is 0.208. The van der Waals surface area contributed by atoms with Gasteiger partial charge < -0.3 is 14.4 Å². The van der Waals surface area contributed by atoms with Gasteiger partial charge in [-0.15, -0.1) is 0 Å². The summed E-state index contributed by atoms with van der Waals surface area (Å²) < 4.78 is 38.6. The zero-order chi connectivity index (χ0) is 19.0. The molecule has 0 atom stereocenters. The van der Waals surface area contributed by atoms with Crippen LogP contribution in [0.2, 0.25) is 0 Å². The van der Waals surface area contributed by atoms with Crippen LogP contribution in [0, 0.1) is 0 Å². The number of rotatable bonds is 5. The Morgan fingerprint density at radius 1 is 0.889 bits per heavy atom. The van der Waals surface area contributed by atoms with Crippen molar-refractivity contribution in [1.82, 2.24) is 0 Å². The second kappa shape index (κ2) is 6.96. The monoisotopic (exact) mass is 388 g/mol. The molecular weight excluding hydrogens is 364 g/mol. The second-order valence-electron chi connectivity index (χ2n) is 6.85. The molecule has 2 aliphatic heterocycles. The van der Waals surface area contributed by atoms with E-state index in [4.69, 9.17) is 9.47 Å². The van der Waals surface area contributed by atoms with Gasteiger partial charge in [0.1, 0.15) is 0 Å². The number of benzene rings is 2. The van der Waals surface area contributed by atoms with Crippen LogP contribution in [0.1, 0.15) is 18.4 Å². The molecule has 2 aromatic rings. The summed E-state index contributed by atoms with van der Waals surface area (Å²) in [4.78, 5) is 2.53. The lowest BCUT2D eigenvalue weighted by molar-refractivity contribution is 0.354. The molecule has 0 aromatic heterocycles. The molecule has 0 spiro atoms. The predicted molar refractivity (Wildman–Crippen MR) is 106 cm³/mol. The first kappa shape index (κ1) is 18.0. The predicted octanol–water partition coefficient (Wildman–Crippen LogP) is 3.06. The number of ether oxygens (including phenoxy) is 2. The van der Waals surface area contributed by atoms with E-state index in [0.29, 0.717) is 18.0 Å². The van der Waals surface area contributed by atoms with Crippen LogP contribution in [0.3, 0.4) is 0 Å². The zero-order valence-electron chi connectivity index (χ0n) is 15.6. The van der Waals surface area contributed by atoms with Crippen LogP contribution in [-0.2, 0) is 16.4 Å². The molecule has 1 saturated heterocycles. The first-order chi connectivity index (χ1) is 13.0. The Hall–Kier alpha value is -2.41. The third kappa shape index (κ3) is 3.10. The standard InChI is InChI=1S/C20H24N2O4S/c1-25-19-8-7-17(14-20(19)26-2)27(23,24)22-12-9-15-5-6-16(13-18(15)22)21-10-3-4-11-21/h5-8,13-14H,3-4,9-12H2,1-2H3. The molecule has 0 saturated carbocycles. The number of hydrogen-bond acceptors (Lipinski definition) is 5. The van der Waals surface area contributed by atoms with Gasteiger partial charge in [-0.25, -0.2) is 8.42 Å². The summed E-state index contributed by atoms with van der Waals surface area (Å²) in [5.41, 5.74) is 2.96. The average molecular weight is 388 g/mol. The lowest BCUT2D eigenvalue weighted by atomic mass is 10.1. The Morgan fingerprint density at radius 3 is 2.33 bits per heavy atom. The van der Waals surface area contributed by atoms with Gasteiger partial charge in [-0.05, 0) is 49.1 Å². The molecule has 2 aliphatic rings. The fourth-order valence-corrected chi connectivity index (χ4v) is 5.38. The number of fused-ring (bicyclic) bond motifs is 1. The number of hydrogen-bond donors (Lipinski definition) is 0. The van der Waals surface area contributed by atoms with E-state index in [2.05, 4.69) is 17.0 Å². The molecule has 0 radical (unpaired) electrons. The topological polar surface area (TPSA) is 59.1 Å². The summed E-state index contributed by atoms with van der Waals surface area (Å²) >= 11 is 0. The quantitative estimate of drug-likeness (QED) is 0.788. The number of methoxy groups -OCH3 is 2. The molecule has 0 amide bonds. The van der Waals surface area contributed by atoms with E-state index in [1.165, 1.54) is 37.4 Å². The summed E-state index contributed by atoms with van der Waals surface area (Å²) in [5, 5.41) is 0.